The minimum Gasteiger partial charge on any atom is -0.375 e. The van der Waals surface area contributed by atoms with Crippen molar-refractivity contribution in [3.8, 4) is 0 Å². The fourth-order valence-corrected chi connectivity index (χ4v) is 6.01. The summed E-state index contributed by atoms with van der Waals surface area (Å²) >= 11 is 0. The molecular formula is C17H30O. The van der Waals surface area contributed by atoms with Crippen molar-refractivity contribution in [3.05, 3.63) is 0 Å². The van der Waals surface area contributed by atoms with Crippen LogP contribution in [0.3, 0.4) is 0 Å². The first-order chi connectivity index (χ1) is 8.39. The summed E-state index contributed by atoms with van der Waals surface area (Å²) in [6, 6.07) is 0. The lowest BCUT2D eigenvalue weighted by Gasteiger charge is -2.63. The molecule has 1 heterocycles. The van der Waals surface area contributed by atoms with Gasteiger partial charge in [0, 0.05) is 6.61 Å². The van der Waals surface area contributed by atoms with E-state index in [2.05, 4.69) is 27.7 Å². The van der Waals surface area contributed by atoms with E-state index in [0.29, 0.717) is 10.8 Å². The highest BCUT2D eigenvalue weighted by atomic mass is 16.5. The predicted molar refractivity (Wildman–Crippen MR) is 75.5 cm³/mol. The maximum Gasteiger partial charge on any atom is 0.0687 e. The molecule has 3 aliphatic rings. The molecule has 1 unspecified atom stereocenters. The van der Waals surface area contributed by atoms with Crippen molar-refractivity contribution >= 4 is 0 Å². The summed E-state index contributed by atoms with van der Waals surface area (Å²) in [4.78, 5) is 0. The van der Waals surface area contributed by atoms with Gasteiger partial charge in [-0.05, 0) is 68.1 Å². The fourth-order valence-electron chi connectivity index (χ4n) is 6.01. The molecule has 3 fully saturated rings. The van der Waals surface area contributed by atoms with E-state index in [0.717, 1.165) is 18.4 Å². The number of rotatable bonds is 0. The lowest BCUT2D eigenvalue weighted by Crippen LogP contribution is -2.59. The van der Waals surface area contributed by atoms with Crippen LogP contribution < -0.4 is 0 Å². The predicted octanol–water partition coefficient (Wildman–Crippen LogP) is 4.80. The average Bonchev–Trinajstić information content (AvgIpc) is 2.27. The molecule has 1 heteroatoms. The zero-order valence-corrected chi connectivity index (χ0v) is 12.7. The Morgan fingerprint density at radius 3 is 2.39 bits per heavy atom. The fraction of sp³-hybridized carbons (Fsp3) is 1.00. The Kier molecular flexibility index (Phi) is 2.86. The van der Waals surface area contributed by atoms with Crippen LogP contribution in [0.5, 0.6) is 0 Å². The van der Waals surface area contributed by atoms with E-state index in [-0.39, 0.29) is 5.60 Å². The highest BCUT2D eigenvalue weighted by molar-refractivity contribution is 5.08. The molecule has 0 N–H and O–H groups in total. The van der Waals surface area contributed by atoms with E-state index in [4.69, 9.17) is 4.74 Å². The molecule has 2 aliphatic carbocycles. The smallest absolute Gasteiger partial charge is 0.0687 e. The normalized spacial score (nSPS) is 51.3. The van der Waals surface area contributed by atoms with Gasteiger partial charge in [-0.3, -0.25) is 0 Å². The molecule has 1 saturated heterocycles. The van der Waals surface area contributed by atoms with Crippen molar-refractivity contribution in [2.75, 3.05) is 6.61 Å². The summed E-state index contributed by atoms with van der Waals surface area (Å²) in [5, 5.41) is 0. The molecule has 0 bridgehead atoms. The van der Waals surface area contributed by atoms with Crippen LogP contribution >= 0.6 is 0 Å². The van der Waals surface area contributed by atoms with Gasteiger partial charge in [-0.25, -0.2) is 0 Å². The lowest BCUT2D eigenvalue weighted by molar-refractivity contribution is -0.212. The minimum absolute atomic E-state index is 0.191. The SMILES string of the molecule is CC1(C)CCC[C@@]2(C)C1CC[C@@]1(C)OCCC[C@@H]12. The number of hydrogen-bond acceptors (Lipinski definition) is 1. The zero-order valence-electron chi connectivity index (χ0n) is 12.7. The highest BCUT2D eigenvalue weighted by Gasteiger charge is 2.59. The van der Waals surface area contributed by atoms with E-state index in [1.165, 1.54) is 44.9 Å². The van der Waals surface area contributed by atoms with E-state index in [1.54, 1.807) is 0 Å². The Hall–Kier alpha value is -0.0400. The van der Waals surface area contributed by atoms with Crippen LogP contribution in [0.25, 0.3) is 0 Å². The molecule has 1 aliphatic heterocycles. The standard InChI is InChI=1S/C17H30O/c1-15(2)9-6-10-16(3)13(15)8-11-17(4)14(16)7-5-12-18-17/h13-14H,5-12H2,1-4H3/t13?,14-,16+,17-/m1/s1. The Bertz CT molecular complexity index is 335. The number of fused-ring (bicyclic) bond motifs is 3. The van der Waals surface area contributed by atoms with Crippen molar-refractivity contribution in [2.24, 2.45) is 22.7 Å². The van der Waals surface area contributed by atoms with Crippen LogP contribution in [0.15, 0.2) is 0 Å². The van der Waals surface area contributed by atoms with Crippen LogP contribution in [0, 0.1) is 22.7 Å². The number of ether oxygens (including phenoxy) is 1. The summed E-state index contributed by atoms with van der Waals surface area (Å²) in [6.07, 6.45) is 9.65. The molecule has 4 atom stereocenters. The molecule has 0 spiro atoms. The Morgan fingerprint density at radius 2 is 1.61 bits per heavy atom. The second kappa shape index (κ2) is 3.98. The van der Waals surface area contributed by atoms with Gasteiger partial charge in [-0.15, -0.1) is 0 Å². The van der Waals surface area contributed by atoms with Gasteiger partial charge >= 0.3 is 0 Å². The van der Waals surface area contributed by atoms with Gasteiger partial charge in [0.15, 0.2) is 0 Å². The second-order valence-corrected chi connectivity index (χ2v) is 8.30. The van der Waals surface area contributed by atoms with E-state index in [9.17, 15) is 0 Å². The summed E-state index contributed by atoms with van der Waals surface area (Å²) in [5.41, 5.74) is 1.28. The van der Waals surface area contributed by atoms with Gasteiger partial charge in [-0.2, -0.15) is 0 Å². The molecule has 0 aromatic rings. The maximum absolute atomic E-state index is 6.25. The molecule has 0 amide bonds. The van der Waals surface area contributed by atoms with Gasteiger partial charge in [0.2, 0.25) is 0 Å². The molecule has 0 radical (unpaired) electrons. The van der Waals surface area contributed by atoms with Crippen molar-refractivity contribution in [3.63, 3.8) is 0 Å². The van der Waals surface area contributed by atoms with Crippen molar-refractivity contribution in [1.82, 2.24) is 0 Å². The van der Waals surface area contributed by atoms with Crippen LogP contribution in [0.2, 0.25) is 0 Å². The summed E-state index contributed by atoms with van der Waals surface area (Å²) in [7, 11) is 0. The molecule has 0 aromatic carbocycles. The summed E-state index contributed by atoms with van der Waals surface area (Å²) in [6.45, 7) is 11.0. The largest absolute Gasteiger partial charge is 0.375 e. The quantitative estimate of drug-likeness (QED) is 0.600. The zero-order chi connectivity index (χ0) is 13.0. The topological polar surface area (TPSA) is 9.23 Å². The van der Waals surface area contributed by atoms with Crippen molar-refractivity contribution in [2.45, 2.75) is 78.2 Å². The highest BCUT2D eigenvalue weighted by Crippen LogP contribution is 2.64. The molecule has 3 rings (SSSR count). The molecule has 104 valence electrons. The Balaban J connectivity index is 1.96. The first-order valence-corrected chi connectivity index (χ1v) is 8.02. The molecular weight excluding hydrogens is 220 g/mol. The molecule has 18 heavy (non-hydrogen) atoms. The van der Waals surface area contributed by atoms with E-state index >= 15 is 0 Å². The lowest BCUT2D eigenvalue weighted by atomic mass is 9.45. The summed E-state index contributed by atoms with van der Waals surface area (Å²) < 4.78 is 6.25. The average molecular weight is 250 g/mol. The van der Waals surface area contributed by atoms with Crippen molar-refractivity contribution in [1.29, 1.82) is 0 Å². The van der Waals surface area contributed by atoms with Gasteiger partial charge < -0.3 is 4.74 Å². The molecule has 0 aromatic heterocycles. The number of hydrogen-bond donors (Lipinski definition) is 0. The second-order valence-electron chi connectivity index (χ2n) is 8.30. The third kappa shape index (κ3) is 1.69. The van der Waals surface area contributed by atoms with Gasteiger partial charge in [0.05, 0.1) is 5.60 Å². The first kappa shape index (κ1) is 13.0. The van der Waals surface area contributed by atoms with Gasteiger partial charge in [0.1, 0.15) is 0 Å². The minimum atomic E-state index is 0.191. The van der Waals surface area contributed by atoms with Crippen LogP contribution in [0.4, 0.5) is 0 Å². The third-order valence-corrected chi connectivity index (χ3v) is 6.81. The molecule has 2 saturated carbocycles. The van der Waals surface area contributed by atoms with E-state index in [1.807, 2.05) is 0 Å². The van der Waals surface area contributed by atoms with Crippen LogP contribution in [-0.4, -0.2) is 12.2 Å². The maximum atomic E-state index is 6.25. The Labute approximate surface area is 113 Å². The van der Waals surface area contributed by atoms with Crippen LogP contribution in [-0.2, 0) is 4.74 Å². The van der Waals surface area contributed by atoms with E-state index < -0.39 is 0 Å². The summed E-state index contributed by atoms with van der Waals surface area (Å²) in [5.74, 6) is 1.72. The third-order valence-electron chi connectivity index (χ3n) is 6.81. The molecule has 1 nitrogen and oxygen atoms in total. The Morgan fingerprint density at radius 1 is 0.833 bits per heavy atom. The van der Waals surface area contributed by atoms with Crippen LogP contribution in [0.1, 0.15) is 72.6 Å². The first-order valence-electron chi connectivity index (χ1n) is 8.02. The van der Waals surface area contributed by atoms with Crippen molar-refractivity contribution < 1.29 is 4.74 Å². The van der Waals surface area contributed by atoms with Gasteiger partial charge in [0.25, 0.3) is 0 Å². The van der Waals surface area contributed by atoms with Gasteiger partial charge in [-0.1, -0.05) is 27.2 Å². The monoisotopic (exact) mass is 250 g/mol.